The third kappa shape index (κ3) is 3.80. The van der Waals surface area contributed by atoms with Gasteiger partial charge in [-0.3, -0.25) is 4.79 Å². The van der Waals surface area contributed by atoms with Gasteiger partial charge in [-0.15, -0.1) is 5.10 Å². The normalized spacial score (nSPS) is 17.0. The Labute approximate surface area is 130 Å². The molecule has 0 spiro atoms. The third-order valence-corrected chi connectivity index (χ3v) is 4.72. The van der Waals surface area contributed by atoms with Crippen LogP contribution in [0.2, 0.25) is 0 Å². The van der Waals surface area contributed by atoms with Crippen molar-refractivity contribution < 1.29 is 9.90 Å². The average Bonchev–Trinajstić information content (AvgIpc) is 2.94. The van der Waals surface area contributed by atoms with E-state index in [4.69, 9.17) is 0 Å². The van der Waals surface area contributed by atoms with Gasteiger partial charge in [-0.1, -0.05) is 44.5 Å². The zero-order chi connectivity index (χ0) is 15.5. The zero-order valence-corrected chi connectivity index (χ0v) is 13.9. The monoisotopic (exact) mass is 311 g/mol. The number of aliphatic hydroxyl groups is 1. The molecule has 1 N–H and O–H groups in total. The van der Waals surface area contributed by atoms with E-state index in [0.717, 1.165) is 31.4 Å². The highest BCUT2D eigenvalue weighted by atomic mass is 32.1. The van der Waals surface area contributed by atoms with Crippen molar-refractivity contribution in [1.29, 1.82) is 0 Å². The molecule has 0 aliphatic heterocycles. The van der Waals surface area contributed by atoms with Gasteiger partial charge in [0.2, 0.25) is 0 Å². The molecule has 1 aliphatic rings. The number of aliphatic hydroxyl groups excluding tert-OH is 1. The molecule has 1 aromatic heterocycles. The molecule has 118 valence electrons. The van der Waals surface area contributed by atoms with E-state index in [1.54, 1.807) is 0 Å². The van der Waals surface area contributed by atoms with E-state index >= 15 is 0 Å². The van der Waals surface area contributed by atoms with E-state index in [-0.39, 0.29) is 24.0 Å². The Bertz CT molecular complexity index is 476. The Morgan fingerprint density at radius 1 is 1.33 bits per heavy atom. The lowest BCUT2D eigenvalue weighted by Gasteiger charge is -2.34. The minimum atomic E-state index is -0.199. The lowest BCUT2D eigenvalue weighted by molar-refractivity contribution is 0.0587. The first-order valence-corrected chi connectivity index (χ1v) is 8.47. The summed E-state index contributed by atoms with van der Waals surface area (Å²) in [5.41, 5.74) is 0.561. The lowest BCUT2D eigenvalue weighted by Crippen LogP contribution is -2.43. The quantitative estimate of drug-likeness (QED) is 0.928. The van der Waals surface area contributed by atoms with Gasteiger partial charge in [-0.2, -0.15) is 0 Å². The summed E-state index contributed by atoms with van der Waals surface area (Å²) in [5, 5.41) is 13.5. The number of hydrogen-bond acceptors (Lipinski definition) is 5. The second kappa shape index (κ2) is 6.83. The van der Waals surface area contributed by atoms with Crippen LogP contribution < -0.4 is 0 Å². The van der Waals surface area contributed by atoms with Gasteiger partial charge in [-0.25, -0.2) is 0 Å². The maximum absolute atomic E-state index is 12.9. The number of amides is 1. The van der Waals surface area contributed by atoms with Crippen molar-refractivity contribution in [3.05, 3.63) is 10.6 Å². The number of hydrogen-bond donors (Lipinski definition) is 1. The Balaban J connectivity index is 2.24. The molecule has 1 aromatic rings. The highest BCUT2D eigenvalue weighted by molar-refractivity contribution is 7.08. The number of aromatic nitrogens is 2. The van der Waals surface area contributed by atoms with E-state index in [2.05, 4.69) is 9.59 Å². The van der Waals surface area contributed by atoms with Crippen molar-refractivity contribution >= 4 is 17.4 Å². The molecule has 21 heavy (non-hydrogen) atoms. The standard InChI is InChI=1S/C15H25N3O2S/c1-15(2,3)13-12(21-17-16-13)14(20)18(9-10-19)11-7-5-4-6-8-11/h11,19H,4-10H2,1-3H3. The first-order chi connectivity index (χ1) is 9.95. The minimum Gasteiger partial charge on any atom is -0.395 e. The largest absolute Gasteiger partial charge is 0.395 e. The van der Waals surface area contributed by atoms with Crippen molar-refractivity contribution in [2.45, 2.75) is 64.3 Å². The second-order valence-corrected chi connectivity index (χ2v) is 7.47. The molecule has 1 saturated carbocycles. The molecule has 0 aromatic carbocycles. The zero-order valence-electron chi connectivity index (χ0n) is 13.1. The number of carbonyl (C=O) groups excluding carboxylic acids is 1. The molecule has 6 heteroatoms. The Hall–Kier alpha value is -1.01. The summed E-state index contributed by atoms with van der Waals surface area (Å²) >= 11 is 1.17. The first kappa shape index (κ1) is 16.4. The summed E-state index contributed by atoms with van der Waals surface area (Å²) < 4.78 is 3.98. The summed E-state index contributed by atoms with van der Waals surface area (Å²) in [5.74, 6) is -0.0177. The van der Waals surface area contributed by atoms with Crippen molar-refractivity contribution in [3.63, 3.8) is 0 Å². The summed E-state index contributed by atoms with van der Waals surface area (Å²) in [6.07, 6.45) is 5.62. The van der Waals surface area contributed by atoms with Crippen LogP contribution in [0.15, 0.2) is 0 Å². The van der Waals surface area contributed by atoms with E-state index in [0.29, 0.717) is 11.4 Å². The maximum Gasteiger partial charge on any atom is 0.267 e. The van der Waals surface area contributed by atoms with Crippen LogP contribution in [0.5, 0.6) is 0 Å². The van der Waals surface area contributed by atoms with Gasteiger partial charge in [0.25, 0.3) is 5.91 Å². The molecule has 1 fully saturated rings. The van der Waals surface area contributed by atoms with Crippen molar-refractivity contribution in [3.8, 4) is 0 Å². The van der Waals surface area contributed by atoms with Crippen LogP contribution in [-0.2, 0) is 5.41 Å². The van der Waals surface area contributed by atoms with Crippen molar-refractivity contribution in [2.75, 3.05) is 13.2 Å². The van der Waals surface area contributed by atoms with Crippen molar-refractivity contribution in [2.24, 2.45) is 0 Å². The summed E-state index contributed by atoms with van der Waals surface area (Å²) in [6, 6.07) is 0.244. The Morgan fingerprint density at radius 3 is 2.57 bits per heavy atom. The second-order valence-electron chi connectivity index (χ2n) is 6.71. The SMILES string of the molecule is CC(C)(C)c1nnsc1C(=O)N(CCO)C1CCCCC1. The van der Waals surface area contributed by atoms with Crippen LogP contribution in [0.3, 0.4) is 0 Å². The fourth-order valence-electron chi connectivity index (χ4n) is 2.90. The topological polar surface area (TPSA) is 66.3 Å². The molecule has 0 radical (unpaired) electrons. The third-order valence-electron chi connectivity index (χ3n) is 4.01. The smallest absolute Gasteiger partial charge is 0.267 e. The molecule has 0 saturated heterocycles. The van der Waals surface area contributed by atoms with E-state index in [1.165, 1.54) is 18.0 Å². The number of nitrogens with zero attached hydrogens (tertiary/aromatic N) is 3. The molecule has 0 bridgehead atoms. The molecule has 1 amide bonds. The number of carbonyl (C=O) groups is 1. The van der Waals surface area contributed by atoms with Crippen molar-refractivity contribution in [1.82, 2.24) is 14.5 Å². The highest BCUT2D eigenvalue weighted by Crippen LogP contribution is 2.29. The van der Waals surface area contributed by atoms with Gasteiger partial charge in [-0.05, 0) is 24.4 Å². The van der Waals surface area contributed by atoms with Crippen LogP contribution in [-0.4, -0.2) is 44.7 Å². The molecule has 1 aliphatic carbocycles. The van der Waals surface area contributed by atoms with Gasteiger partial charge < -0.3 is 10.0 Å². The predicted molar refractivity (Wildman–Crippen MR) is 83.6 cm³/mol. The number of rotatable bonds is 4. The fraction of sp³-hybridized carbons (Fsp3) is 0.800. The minimum absolute atomic E-state index is 0.000671. The van der Waals surface area contributed by atoms with E-state index < -0.39 is 0 Å². The van der Waals surface area contributed by atoms with Gasteiger partial charge in [0.1, 0.15) is 4.88 Å². The molecule has 2 rings (SSSR count). The van der Waals surface area contributed by atoms with Crippen LogP contribution in [0, 0.1) is 0 Å². The van der Waals surface area contributed by atoms with Crippen LogP contribution in [0.4, 0.5) is 0 Å². The van der Waals surface area contributed by atoms with Crippen LogP contribution in [0.25, 0.3) is 0 Å². The molecule has 0 unspecified atom stereocenters. The Kier molecular flexibility index (Phi) is 5.32. The molecule has 0 atom stereocenters. The lowest BCUT2D eigenvalue weighted by atomic mass is 9.90. The Morgan fingerprint density at radius 2 is 2.00 bits per heavy atom. The molecule has 1 heterocycles. The summed E-state index contributed by atoms with van der Waals surface area (Å²) in [4.78, 5) is 15.4. The molecular weight excluding hydrogens is 286 g/mol. The highest BCUT2D eigenvalue weighted by Gasteiger charge is 2.32. The summed E-state index contributed by atoms with van der Waals surface area (Å²) in [7, 11) is 0. The first-order valence-electron chi connectivity index (χ1n) is 7.70. The fourth-order valence-corrected chi connectivity index (χ4v) is 3.74. The van der Waals surface area contributed by atoms with Gasteiger partial charge in [0.15, 0.2) is 0 Å². The van der Waals surface area contributed by atoms with E-state index in [9.17, 15) is 9.90 Å². The summed E-state index contributed by atoms with van der Waals surface area (Å²) in [6.45, 7) is 6.51. The maximum atomic E-state index is 12.9. The molecular formula is C15H25N3O2S. The average molecular weight is 311 g/mol. The van der Waals surface area contributed by atoms with Crippen LogP contribution >= 0.6 is 11.5 Å². The van der Waals surface area contributed by atoms with Gasteiger partial charge in [0.05, 0.1) is 12.3 Å². The van der Waals surface area contributed by atoms with Gasteiger partial charge in [0, 0.05) is 18.0 Å². The van der Waals surface area contributed by atoms with Gasteiger partial charge >= 0.3 is 0 Å². The van der Waals surface area contributed by atoms with E-state index in [1.807, 2.05) is 25.7 Å². The van der Waals surface area contributed by atoms with Crippen LogP contribution in [0.1, 0.15) is 68.2 Å². The predicted octanol–water partition coefficient (Wildman–Crippen LogP) is 2.60. The molecule has 5 nitrogen and oxygen atoms in total.